The van der Waals surface area contributed by atoms with E-state index < -0.39 is 0 Å². The second kappa shape index (κ2) is 9.18. The molecule has 3 rings (SSSR count). The van der Waals surface area contributed by atoms with E-state index in [1.54, 1.807) is 7.11 Å². The number of aryl methyl sites for hydroxylation is 1. The summed E-state index contributed by atoms with van der Waals surface area (Å²) in [4.78, 5) is 12.1. The van der Waals surface area contributed by atoms with Crippen molar-refractivity contribution in [3.63, 3.8) is 0 Å². The molecule has 0 amide bonds. The van der Waals surface area contributed by atoms with Crippen molar-refractivity contribution in [3.8, 4) is 17.0 Å². The van der Waals surface area contributed by atoms with Crippen molar-refractivity contribution in [2.24, 2.45) is 5.92 Å². The lowest BCUT2D eigenvalue weighted by atomic mass is 9.95. The Kier molecular flexibility index (Phi) is 6.67. The fourth-order valence-corrected chi connectivity index (χ4v) is 3.39. The summed E-state index contributed by atoms with van der Waals surface area (Å²) in [5.74, 6) is 2.35. The van der Waals surface area contributed by atoms with Gasteiger partial charge in [0.2, 0.25) is 5.95 Å². The van der Waals surface area contributed by atoms with Crippen molar-refractivity contribution in [3.05, 3.63) is 35.5 Å². The first-order valence-electron chi connectivity index (χ1n) is 9.97. The molecule has 0 radical (unpaired) electrons. The zero-order chi connectivity index (χ0) is 19.2. The average molecular weight is 370 g/mol. The highest BCUT2D eigenvalue weighted by molar-refractivity contribution is 5.67. The lowest BCUT2D eigenvalue weighted by molar-refractivity contribution is 0.122. The SMILES string of the molecule is CCC(C)CCc1c(C)nc(N2CCOCC2)nc1-c1cccc(OC)c1. The van der Waals surface area contributed by atoms with Gasteiger partial charge in [-0.3, -0.25) is 0 Å². The van der Waals surface area contributed by atoms with Gasteiger partial charge in [0, 0.05) is 24.3 Å². The maximum Gasteiger partial charge on any atom is 0.226 e. The van der Waals surface area contributed by atoms with Gasteiger partial charge in [-0.05, 0) is 43.4 Å². The van der Waals surface area contributed by atoms with Gasteiger partial charge < -0.3 is 14.4 Å². The molecule has 1 unspecified atom stereocenters. The standard InChI is InChI=1S/C22H31N3O2/c1-5-16(2)9-10-20-17(3)23-22(25-11-13-27-14-12-25)24-21(20)18-7-6-8-19(15-18)26-4/h6-8,15-16H,5,9-14H2,1-4H3. The zero-order valence-corrected chi connectivity index (χ0v) is 17.0. The second-order valence-electron chi connectivity index (χ2n) is 7.32. The van der Waals surface area contributed by atoms with Crippen LogP contribution in [0.15, 0.2) is 24.3 Å². The summed E-state index contributed by atoms with van der Waals surface area (Å²) in [7, 11) is 1.70. The van der Waals surface area contributed by atoms with Crippen molar-refractivity contribution in [2.45, 2.75) is 40.0 Å². The molecule has 0 spiro atoms. The minimum Gasteiger partial charge on any atom is -0.497 e. The molecule has 2 aromatic rings. The molecule has 1 aliphatic rings. The van der Waals surface area contributed by atoms with E-state index in [0.29, 0.717) is 5.92 Å². The molecule has 1 aromatic carbocycles. The van der Waals surface area contributed by atoms with Crippen LogP contribution in [0.25, 0.3) is 11.3 Å². The highest BCUT2D eigenvalue weighted by atomic mass is 16.5. The largest absolute Gasteiger partial charge is 0.497 e. The van der Waals surface area contributed by atoms with Gasteiger partial charge in [-0.2, -0.15) is 0 Å². The van der Waals surface area contributed by atoms with Crippen LogP contribution < -0.4 is 9.64 Å². The van der Waals surface area contributed by atoms with Crippen LogP contribution in [0.1, 0.15) is 37.9 Å². The Hall–Kier alpha value is -2.14. The number of hydrogen-bond acceptors (Lipinski definition) is 5. The predicted octanol–water partition coefficient (Wildman–Crippen LogP) is 4.28. The number of anilines is 1. The van der Waals surface area contributed by atoms with E-state index in [-0.39, 0.29) is 0 Å². The lowest BCUT2D eigenvalue weighted by Gasteiger charge is -2.28. The van der Waals surface area contributed by atoms with Gasteiger partial charge in [0.05, 0.1) is 26.0 Å². The molecular formula is C22H31N3O2. The predicted molar refractivity (Wildman–Crippen MR) is 110 cm³/mol. The van der Waals surface area contributed by atoms with Crippen LogP contribution in [0.2, 0.25) is 0 Å². The van der Waals surface area contributed by atoms with Crippen LogP contribution in [-0.4, -0.2) is 43.4 Å². The number of morpholine rings is 1. The van der Waals surface area contributed by atoms with Gasteiger partial charge in [-0.15, -0.1) is 0 Å². The van der Waals surface area contributed by atoms with Gasteiger partial charge in [-0.25, -0.2) is 9.97 Å². The van der Waals surface area contributed by atoms with Crippen molar-refractivity contribution < 1.29 is 9.47 Å². The Bertz CT molecular complexity index is 757. The van der Waals surface area contributed by atoms with Gasteiger partial charge >= 0.3 is 0 Å². The van der Waals surface area contributed by atoms with Crippen LogP contribution >= 0.6 is 0 Å². The maximum absolute atomic E-state index is 5.48. The summed E-state index contributed by atoms with van der Waals surface area (Å²) in [6, 6.07) is 8.18. The molecule has 27 heavy (non-hydrogen) atoms. The minimum absolute atomic E-state index is 0.696. The van der Waals surface area contributed by atoms with E-state index in [2.05, 4.69) is 37.8 Å². The van der Waals surface area contributed by atoms with E-state index in [4.69, 9.17) is 19.4 Å². The third-order valence-corrected chi connectivity index (χ3v) is 5.42. The minimum atomic E-state index is 0.696. The van der Waals surface area contributed by atoms with E-state index in [1.807, 2.05) is 12.1 Å². The smallest absolute Gasteiger partial charge is 0.226 e. The molecular weight excluding hydrogens is 338 g/mol. The maximum atomic E-state index is 5.48. The molecule has 5 nitrogen and oxygen atoms in total. The topological polar surface area (TPSA) is 47.5 Å². The highest BCUT2D eigenvalue weighted by Crippen LogP contribution is 2.30. The van der Waals surface area contributed by atoms with Crippen molar-refractivity contribution in [1.29, 1.82) is 0 Å². The molecule has 0 bridgehead atoms. The van der Waals surface area contributed by atoms with E-state index in [0.717, 1.165) is 67.8 Å². The summed E-state index contributed by atoms with van der Waals surface area (Å²) >= 11 is 0. The number of nitrogens with zero attached hydrogens (tertiary/aromatic N) is 3. The molecule has 5 heteroatoms. The van der Waals surface area contributed by atoms with Crippen LogP contribution in [-0.2, 0) is 11.2 Å². The van der Waals surface area contributed by atoms with Gasteiger partial charge in [0.15, 0.2) is 0 Å². The third-order valence-electron chi connectivity index (χ3n) is 5.42. The Morgan fingerprint density at radius 2 is 2.00 bits per heavy atom. The molecule has 0 aliphatic carbocycles. The summed E-state index contributed by atoms with van der Waals surface area (Å²) in [6.07, 6.45) is 3.34. The molecule has 2 heterocycles. The van der Waals surface area contributed by atoms with E-state index >= 15 is 0 Å². The lowest BCUT2D eigenvalue weighted by Crippen LogP contribution is -2.37. The molecule has 1 fully saturated rings. The Labute approximate surface area is 162 Å². The molecule has 0 N–H and O–H groups in total. The van der Waals surface area contributed by atoms with Crippen LogP contribution in [0.3, 0.4) is 0 Å². The average Bonchev–Trinajstić information content (AvgIpc) is 2.72. The van der Waals surface area contributed by atoms with Gasteiger partial charge in [0.25, 0.3) is 0 Å². The Balaban J connectivity index is 2.02. The number of methoxy groups -OCH3 is 1. The fraction of sp³-hybridized carbons (Fsp3) is 0.545. The fourth-order valence-electron chi connectivity index (χ4n) is 3.39. The molecule has 1 aliphatic heterocycles. The highest BCUT2D eigenvalue weighted by Gasteiger charge is 2.19. The monoisotopic (exact) mass is 369 g/mol. The van der Waals surface area contributed by atoms with Crippen LogP contribution in [0.5, 0.6) is 5.75 Å². The van der Waals surface area contributed by atoms with Crippen molar-refractivity contribution >= 4 is 5.95 Å². The summed E-state index contributed by atoms with van der Waals surface area (Å²) in [5, 5.41) is 0. The van der Waals surface area contributed by atoms with Crippen LogP contribution in [0, 0.1) is 12.8 Å². The Morgan fingerprint density at radius 3 is 2.70 bits per heavy atom. The first kappa shape index (κ1) is 19.6. The zero-order valence-electron chi connectivity index (χ0n) is 17.0. The molecule has 146 valence electrons. The molecule has 0 saturated carbocycles. The molecule has 1 aromatic heterocycles. The Morgan fingerprint density at radius 1 is 1.22 bits per heavy atom. The number of aromatic nitrogens is 2. The summed E-state index contributed by atoms with van der Waals surface area (Å²) in [5.41, 5.74) is 4.45. The first-order valence-corrected chi connectivity index (χ1v) is 9.97. The van der Waals surface area contributed by atoms with Crippen molar-refractivity contribution in [1.82, 2.24) is 9.97 Å². The number of benzene rings is 1. The van der Waals surface area contributed by atoms with Crippen LogP contribution in [0.4, 0.5) is 5.95 Å². The van der Waals surface area contributed by atoms with Crippen molar-refractivity contribution in [2.75, 3.05) is 38.3 Å². The van der Waals surface area contributed by atoms with Gasteiger partial charge in [0.1, 0.15) is 5.75 Å². The number of hydrogen-bond donors (Lipinski definition) is 0. The quantitative estimate of drug-likeness (QED) is 0.729. The van der Waals surface area contributed by atoms with E-state index in [9.17, 15) is 0 Å². The number of ether oxygens (including phenoxy) is 2. The summed E-state index contributed by atoms with van der Waals surface area (Å²) in [6.45, 7) is 9.80. The van der Waals surface area contributed by atoms with Gasteiger partial charge in [-0.1, -0.05) is 32.4 Å². The normalized spacial score (nSPS) is 15.6. The molecule has 1 saturated heterocycles. The number of rotatable bonds is 7. The third kappa shape index (κ3) is 4.78. The van der Waals surface area contributed by atoms with E-state index in [1.165, 1.54) is 12.0 Å². The molecule has 1 atom stereocenters. The first-order chi connectivity index (χ1) is 13.1. The summed E-state index contributed by atoms with van der Waals surface area (Å²) < 4.78 is 10.9. The second-order valence-corrected chi connectivity index (χ2v) is 7.32.